The van der Waals surface area contributed by atoms with Gasteiger partial charge in [-0.15, -0.1) is 0 Å². The zero-order valence-corrected chi connectivity index (χ0v) is 8.82. The average Bonchev–Trinajstić information content (AvgIpc) is 2.24. The number of hydrogen-bond acceptors (Lipinski definition) is 1. The fraction of sp³-hybridized carbons (Fsp3) is 0.538. The summed E-state index contributed by atoms with van der Waals surface area (Å²) in [6, 6.07) is 10.1. The number of rotatable bonds is 4. The average molecular weight is 208 g/mol. The smallest absolute Gasteiger partial charge is 0.0903 e. The van der Waals surface area contributed by atoms with Gasteiger partial charge in [-0.1, -0.05) is 30.3 Å². The summed E-state index contributed by atoms with van der Waals surface area (Å²) in [5.41, 5.74) is 1.23. The minimum atomic E-state index is -0.271. The Hall–Kier alpha value is -0.890. The molecule has 0 unspecified atom stereocenters. The van der Waals surface area contributed by atoms with Crippen LogP contribution in [0.1, 0.15) is 24.8 Å². The second kappa shape index (κ2) is 4.31. The van der Waals surface area contributed by atoms with E-state index in [0.29, 0.717) is 12.3 Å². The summed E-state index contributed by atoms with van der Waals surface area (Å²) in [5.74, 6) is 0.372. The minimum Gasteiger partial charge on any atom is -0.396 e. The Bertz CT molecular complexity index is 304. The summed E-state index contributed by atoms with van der Waals surface area (Å²) in [4.78, 5) is 0. The molecule has 0 aromatic heterocycles. The predicted molar refractivity (Wildman–Crippen MR) is 58.5 cm³/mol. The largest absolute Gasteiger partial charge is 0.396 e. The molecule has 1 aliphatic carbocycles. The van der Waals surface area contributed by atoms with Gasteiger partial charge in [0.15, 0.2) is 0 Å². The van der Waals surface area contributed by atoms with E-state index in [2.05, 4.69) is 12.1 Å². The Kier molecular flexibility index (Phi) is 3.06. The van der Waals surface area contributed by atoms with Crippen molar-refractivity contribution in [3.8, 4) is 0 Å². The molecule has 2 heteroatoms. The third-order valence-electron chi connectivity index (χ3n) is 3.58. The lowest BCUT2D eigenvalue weighted by Gasteiger charge is -2.47. The highest BCUT2D eigenvalue weighted by Gasteiger charge is 2.44. The fourth-order valence-electron chi connectivity index (χ4n) is 2.73. The first-order valence-corrected chi connectivity index (χ1v) is 5.53. The molecule has 0 atom stereocenters. The predicted octanol–water partition coefficient (Wildman–Crippen LogP) is 2.69. The summed E-state index contributed by atoms with van der Waals surface area (Å²) in [6.45, 7) is -0.0338. The first-order valence-electron chi connectivity index (χ1n) is 5.53. The van der Waals surface area contributed by atoms with Gasteiger partial charge in [-0.3, -0.25) is 4.39 Å². The van der Waals surface area contributed by atoms with E-state index in [1.54, 1.807) is 0 Å². The van der Waals surface area contributed by atoms with Crippen molar-refractivity contribution in [1.82, 2.24) is 0 Å². The number of halogens is 1. The molecule has 1 aliphatic rings. The van der Waals surface area contributed by atoms with E-state index in [1.807, 2.05) is 18.2 Å². The highest BCUT2D eigenvalue weighted by molar-refractivity contribution is 5.28. The number of aliphatic hydroxyl groups excluding tert-OH is 1. The van der Waals surface area contributed by atoms with Crippen LogP contribution in [0.3, 0.4) is 0 Å². The third kappa shape index (κ3) is 1.91. The van der Waals surface area contributed by atoms with E-state index in [1.165, 1.54) is 5.56 Å². The van der Waals surface area contributed by atoms with Gasteiger partial charge in [0.05, 0.1) is 6.67 Å². The molecule has 1 saturated carbocycles. The normalized spacial score (nSPS) is 29.9. The lowest BCUT2D eigenvalue weighted by Crippen LogP contribution is -2.43. The first-order chi connectivity index (χ1) is 7.30. The molecule has 0 bridgehead atoms. The monoisotopic (exact) mass is 208 g/mol. The van der Waals surface area contributed by atoms with E-state index in [4.69, 9.17) is 5.11 Å². The van der Waals surface area contributed by atoms with Crippen molar-refractivity contribution < 1.29 is 9.50 Å². The molecule has 0 aliphatic heterocycles. The standard InChI is InChI=1S/C13H17FO/c14-7-6-13(8-11(9-13)10-15)12-4-2-1-3-5-12/h1-5,11,15H,6-10H2. The van der Waals surface area contributed by atoms with Gasteiger partial charge in [0.2, 0.25) is 0 Å². The highest BCUT2D eigenvalue weighted by Crippen LogP contribution is 2.49. The van der Waals surface area contributed by atoms with Crippen LogP contribution in [0.15, 0.2) is 30.3 Å². The van der Waals surface area contributed by atoms with Crippen molar-refractivity contribution in [2.75, 3.05) is 13.3 Å². The SMILES string of the molecule is OCC1CC(CCF)(c2ccccc2)C1. The lowest BCUT2D eigenvalue weighted by atomic mass is 9.57. The Morgan fingerprint density at radius 1 is 1.27 bits per heavy atom. The fourth-order valence-corrected chi connectivity index (χ4v) is 2.73. The van der Waals surface area contributed by atoms with Crippen molar-refractivity contribution >= 4 is 0 Å². The molecule has 2 rings (SSSR count). The summed E-state index contributed by atoms with van der Waals surface area (Å²) < 4.78 is 12.6. The van der Waals surface area contributed by atoms with E-state index in [0.717, 1.165) is 12.8 Å². The van der Waals surface area contributed by atoms with Gasteiger partial charge in [-0.05, 0) is 36.2 Å². The second-order valence-electron chi connectivity index (χ2n) is 4.54. The quantitative estimate of drug-likeness (QED) is 0.806. The maximum atomic E-state index is 12.6. The summed E-state index contributed by atoms with van der Waals surface area (Å²) >= 11 is 0. The van der Waals surface area contributed by atoms with Gasteiger partial charge in [0.1, 0.15) is 0 Å². The molecule has 1 aromatic carbocycles. The van der Waals surface area contributed by atoms with Crippen molar-refractivity contribution in [3.63, 3.8) is 0 Å². The molecule has 82 valence electrons. The molecule has 0 radical (unpaired) electrons. The first kappa shape index (κ1) is 10.6. The Morgan fingerprint density at radius 2 is 1.93 bits per heavy atom. The zero-order valence-electron chi connectivity index (χ0n) is 8.82. The van der Waals surface area contributed by atoms with Gasteiger partial charge in [0, 0.05) is 6.61 Å². The molecule has 0 spiro atoms. The second-order valence-corrected chi connectivity index (χ2v) is 4.54. The van der Waals surface area contributed by atoms with E-state index >= 15 is 0 Å². The van der Waals surface area contributed by atoms with Crippen LogP contribution < -0.4 is 0 Å². The third-order valence-corrected chi connectivity index (χ3v) is 3.58. The van der Waals surface area contributed by atoms with Crippen molar-refractivity contribution in [3.05, 3.63) is 35.9 Å². The highest BCUT2D eigenvalue weighted by atomic mass is 19.1. The van der Waals surface area contributed by atoms with Crippen molar-refractivity contribution in [1.29, 1.82) is 0 Å². The van der Waals surface area contributed by atoms with Gasteiger partial charge in [0.25, 0.3) is 0 Å². The molecule has 0 saturated heterocycles. The Balaban J connectivity index is 2.15. The topological polar surface area (TPSA) is 20.2 Å². The van der Waals surface area contributed by atoms with Gasteiger partial charge < -0.3 is 5.11 Å². The van der Waals surface area contributed by atoms with Crippen LogP contribution in [0, 0.1) is 5.92 Å². The van der Waals surface area contributed by atoms with Gasteiger partial charge in [-0.25, -0.2) is 0 Å². The maximum absolute atomic E-state index is 12.6. The van der Waals surface area contributed by atoms with Crippen molar-refractivity contribution in [2.45, 2.75) is 24.7 Å². The molecule has 15 heavy (non-hydrogen) atoms. The molecule has 1 nitrogen and oxygen atoms in total. The molecule has 1 N–H and O–H groups in total. The number of benzene rings is 1. The van der Waals surface area contributed by atoms with Crippen LogP contribution in [0.5, 0.6) is 0 Å². The van der Waals surface area contributed by atoms with Crippen LogP contribution in [-0.4, -0.2) is 18.4 Å². The van der Waals surface area contributed by atoms with Crippen LogP contribution in [0.4, 0.5) is 4.39 Å². The minimum absolute atomic E-state index is 0.00338. The summed E-state index contributed by atoms with van der Waals surface area (Å²) in [6.07, 6.45) is 2.45. The molecule has 1 fully saturated rings. The Labute approximate surface area is 89.9 Å². The van der Waals surface area contributed by atoms with E-state index in [9.17, 15) is 4.39 Å². The van der Waals surface area contributed by atoms with E-state index in [-0.39, 0.29) is 18.7 Å². The maximum Gasteiger partial charge on any atom is 0.0903 e. The van der Waals surface area contributed by atoms with Crippen LogP contribution in [0.25, 0.3) is 0 Å². The number of hydrogen-bond donors (Lipinski definition) is 1. The molecular weight excluding hydrogens is 191 g/mol. The molecule has 1 aromatic rings. The Morgan fingerprint density at radius 3 is 2.47 bits per heavy atom. The van der Waals surface area contributed by atoms with Crippen LogP contribution >= 0.6 is 0 Å². The molecule has 0 amide bonds. The zero-order chi connectivity index (χ0) is 10.7. The number of alkyl halides is 1. The molecule has 0 heterocycles. The van der Waals surface area contributed by atoms with Gasteiger partial charge in [-0.2, -0.15) is 0 Å². The van der Waals surface area contributed by atoms with Crippen LogP contribution in [0.2, 0.25) is 0 Å². The summed E-state index contributed by atoms with van der Waals surface area (Å²) in [5, 5.41) is 9.04. The van der Waals surface area contributed by atoms with Crippen LogP contribution in [-0.2, 0) is 5.41 Å². The van der Waals surface area contributed by atoms with Gasteiger partial charge >= 0.3 is 0 Å². The van der Waals surface area contributed by atoms with E-state index < -0.39 is 0 Å². The molecular formula is C13H17FO. The summed E-state index contributed by atoms with van der Waals surface area (Å²) in [7, 11) is 0. The lowest BCUT2D eigenvalue weighted by molar-refractivity contribution is 0.0657. The number of aliphatic hydroxyl groups is 1. The van der Waals surface area contributed by atoms with Crippen molar-refractivity contribution in [2.24, 2.45) is 5.92 Å².